The fourth-order valence-electron chi connectivity index (χ4n) is 0.844. The normalized spacial score (nSPS) is 10.8. The van der Waals surface area contributed by atoms with Gasteiger partial charge in [-0.2, -0.15) is 4.39 Å². The highest BCUT2D eigenvalue weighted by atomic mass is 79.9. The van der Waals surface area contributed by atoms with Gasteiger partial charge in [0.25, 0.3) is 6.43 Å². The first-order valence-electron chi connectivity index (χ1n) is 3.35. The maximum atomic E-state index is 12.8. The van der Waals surface area contributed by atoms with Crippen molar-refractivity contribution in [2.75, 3.05) is 5.73 Å². The van der Waals surface area contributed by atoms with Crippen LogP contribution in [0, 0.1) is 5.95 Å². The van der Waals surface area contributed by atoms with Crippen molar-refractivity contribution in [1.82, 2.24) is 4.98 Å². The van der Waals surface area contributed by atoms with E-state index in [0.29, 0.717) is 0 Å². The zero-order valence-electron chi connectivity index (χ0n) is 6.40. The van der Waals surface area contributed by atoms with Crippen molar-refractivity contribution in [1.29, 1.82) is 0 Å². The summed E-state index contributed by atoms with van der Waals surface area (Å²) in [6.07, 6.45) is -2.78. The second kappa shape index (κ2) is 3.95. The van der Waals surface area contributed by atoms with E-state index in [4.69, 9.17) is 5.73 Å². The standard InChI is InChI=1S/C7H6BrF3N2/c8-2-3-1-4(6(9)10)5(12)7(11)13-3/h1,6H,2,12H2. The molecule has 1 aromatic rings. The van der Waals surface area contributed by atoms with Gasteiger partial charge in [0.2, 0.25) is 5.95 Å². The highest BCUT2D eigenvalue weighted by Crippen LogP contribution is 2.27. The van der Waals surface area contributed by atoms with Crippen LogP contribution in [0.15, 0.2) is 6.07 Å². The van der Waals surface area contributed by atoms with Crippen molar-refractivity contribution >= 4 is 21.6 Å². The van der Waals surface area contributed by atoms with Crippen molar-refractivity contribution < 1.29 is 13.2 Å². The van der Waals surface area contributed by atoms with E-state index in [9.17, 15) is 13.2 Å². The first kappa shape index (κ1) is 10.3. The Morgan fingerprint density at radius 2 is 2.15 bits per heavy atom. The third-order valence-corrected chi connectivity index (χ3v) is 2.04. The Kier molecular flexibility index (Phi) is 3.13. The zero-order valence-corrected chi connectivity index (χ0v) is 7.98. The minimum atomic E-state index is -2.78. The van der Waals surface area contributed by atoms with Crippen LogP contribution in [0.25, 0.3) is 0 Å². The van der Waals surface area contributed by atoms with Gasteiger partial charge < -0.3 is 5.73 Å². The first-order valence-corrected chi connectivity index (χ1v) is 4.47. The summed E-state index contributed by atoms with van der Waals surface area (Å²) < 4.78 is 37.3. The number of pyridine rings is 1. The molecular formula is C7H6BrF3N2. The lowest BCUT2D eigenvalue weighted by Gasteiger charge is -2.06. The van der Waals surface area contributed by atoms with Gasteiger partial charge in [-0.1, -0.05) is 15.9 Å². The smallest absolute Gasteiger partial charge is 0.266 e. The van der Waals surface area contributed by atoms with E-state index in [1.54, 1.807) is 0 Å². The van der Waals surface area contributed by atoms with Gasteiger partial charge in [0.1, 0.15) is 0 Å². The summed E-state index contributed by atoms with van der Waals surface area (Å²) in [5.41, 5.74) is 4.17. The van der Waals surface area contributed by atoms with Crippen molar-refractivity contribution in [3.05, 3.63) is 23.3 Å². The number of rotatable bonds is 2. The third kappa shape index (κ3) is 2.12. The molecule has 0 atom stereocenters. The van der Waals surface area contributed by atoms with Crippen LogP contribution in [0.4, 0.5) is 18.9 Å². The number of nitrogen functional groups attached to an aromatic ring is 1. The molecule has 0 aromatic carbocycles. The third-order valence-electron chi connectivity index (χ3n) is 1.47. The number of halogens is 4. The molecule has 6 heteroatoms. The molecule has 0 amide bonds. The van der Waals surface area contributed by atoms with Gasteiger partial charge in [-0.3, -0.25) is 0 Å². The topological polar surface area (TPSA) is 38.9 Å². The molecule has 0 aliphatic rings. The number of nitrogens with two attached hydrogens (primary N) is 1. The van der Waals surface area contributed by atoms with E-state index in [2.05, 4.69) is 20.9 Å². The molecule has 0 fully saturated rings. The molecule has 1 heterocycles. The fraction of sp³-hybridized carbons (Fsp3) is 0.286. The molecular weight excluding hydrogens is 249 g/mol. The van der Waals surface area contributed by atoms with Crippen LogP contribution in [0.5, 0.6) is 0 Å². The Bertz CT molecular complexity index is 317. The monoisotopic (exact) mass is 254 g/mol. The average molecular weight is 255 g/mol. The van der Waals surface area contributed by atoms with E-state index in [1.165, 1.54) is 0 Å². The predicted molar refractivity (Wildman–Crippen MR) is 46.2 cm³/mol. The van der Waals surface area contributed by atoms with E-state index >= 15 is 0 Å². The Hall–Kier alpha value is -0.780. The van der Waals surface area contributed by atoms with E-state index in [-0.39, 0.29) is 11.0 Å². The minimum absolute atomic E-state index is 0.196. The highest BCUT2D eigenvalue weighted by Gasteiger charge is 2.16. The van der Waals surface area contributed by atoms with Crippen LogP contribution in [0.1, 0.15) is 17.7 Å². The van der Waals surface area contributed by atoms with Gasteiger partial charge in [-0.25, -0.2) is 13.8 Å². The minimum Gasteiger partial charge on any atom is -0.395 e. The molecule has 0 spiro atoms. The fourth-order valence-corrected chi connectivity index (χ4v) is 1.13. The molecule has 0 aliphatic heterocycles. The molecule has 1 rings (SSSR count). The van der Waals surface area contributed by atoms with Crippen LogP contribution in [0.3, 0.4) is 0 Å². The van der Waals surface area contributed by atoms with Crippen LogP contribution in [0.2, 0.25) is 0 Å². The van der Waals surface area contributed by atoms with Gasteiger partial charge in [-0.05, 0) is 6.07 Å². The predicted octanol–water partition coefficient (Wildman–Crippen LogP) is 2.64. The summed E-state index contributed by atoms with van der Waals surface area (Å²) in [4.78, 5) is 3.36. The van der Waals surface area contributed by atoms with Gasteiger partial charge in [0.05, 0.1) is 11.4 Å². The molecule has 0 saturated carbocycles. The SMILES string of the molecule is Nc1c(C(F)F)cc(CBr)nc1F. The summed E-state index contributed by atoms with van der Waals surface area (Å²) in [5.74, 6) is -1.05. The molecule has 2 N–H and O–H groups in total. The number of anilines is 1. The second-order valence-electron chi connectivity index (χ2n) is 2.34. The molecule has 0 aliphatic carbocycles. The molecule has 0 saturated heterocycles. The van der Waals surface area contributed by atoms with Gasteiger partial charge in [0.15, 0.2) is 0 Å². The van der Waals surface area contributed by atoms with Crippen LogP contribution >= 0.6 is 15.9 Å². The van der Waals surface area contributed by atoms with Crippen molar-refractivity contribution in [2.24, 2.45) is 0 Å². The molecule has 1 aromatic heterocycles. The Morgan fingerprint density at radius 3 is 2.62 bits per heavy atom. The van der Waals surface area contributed by atoms with Crippen LogP contribution < -0.4 is 5.73 Å². The lowest BCUT2D eigenvalue weighted by Crippen LogP contribution is -2.03. The highest BCUT2D eigenvalue weighted by molar-refractivity contribution is 9.08. The molecule has 2 nitrogen and oxygen atoms in total. The molecule has 72 valence electrons. The van der Waals surface area contributed by atoms with E-state index in [1.807, 2.05) is 0 Å². The Labute approximate surface area is 81.1 Å². The average Bonchev–Trinajstić information content (AvgIpc) is 2.09. The molecule has 0 unspecified atom stereocenters. The van der Waals surface area contributed by atoms with E-state index in [0.717, 1.165) is 6.07 Å². The van der Waals surface area contributed by atoms with Crippen LogP contribution in [-0.2, 0) is 5.33 Å². The van der Waals surface area contributed by atoms with Crippen molar-refractivity contribution in [3.63, 3.8) is 0 Å². The van der Waals surface area contributed by atoms with Crippen LogP contribution in [-0.4, -0.2) is 4.98 Å². The quantitative estimate of drug-likeness (QED) is 0.651. The van der Waals surface area contributed by atoms with Gasteiger partial charge in [-0.15, -0.1) is 0 Å². The number of aromatic nitrogens is 1. The number of nitrogens with zero attached hydrogens (tertiary/aromatic N) is 1. The number of hydrogen-bond acceptors (Lipinski definition) is 2. The first-order chi connectivity index (χ1) is 6.06. The lowest BCUT2D eigenvalue weighted by molar-refractivity contribution is 0.151. The molecule has 0 bridgehead atoms. The maximum Gasteiger partial charge on any atom is 0.266 e. The van der Waals surface area contributed by atoms with Gasteiger partial charge in [0, 0.05) is 10.9 Å². The summed E-state index contributed by atoms with van der Waals surface area (Å²) in [6.45, 7) is 0. The summed E-state index contributed by atoms with van der Waals surface area (Å²) in [5, 5.41) is 0.212. The molecule has 0 radical (unpaired) electrons. The van der Waals surface area contributed by atoms with Gasteiger partial charge >= 0.3 is 0 Å². The largest absolute Gasteiger partial charge is 0.395 e. The summed E-state index contributed by atoms with van der Waals surface area (Å²) in [6, 6.07) is 1.08. The zero-order chi connectivity index (χ0) is 10.0. The summed E-state index contributed by atoms with van der Waals surface area (Å²) in [7, 11) is 0. The number of alkyl halides is 3. The summed E-state index contributed by atoms with van der Waals surface area (Å²) >= 11 is 2.98. The lowest BCUT2D eigenvalue weighted by atomic mass is 10.2. The van der Waals surface area contributed by atoms with Crippen molar-refractivity contribution in [2.45, 2.75) is 11.8 Å². The maximum absolute atomic E-state index is 12.8. The second-order valence-corrected chi connectivity index (χ2v) is 2.90. The number of hydrogen-bond donors (Lipinski definition) is 1. The molecule has 13 heavy (non-hydrogen) atoms. The van der Waals surface area contributed by atoms with Crippen molar-refractivity contribution in [3.8, 4) is 0 Å². The Balaban J connectivity index is 3.25. The van der Waals surface area contributed by atoms with E-state index < -0.39 is 23.6 Å². The Morgan fingerprint density at radius 1 is 1.54 bits per heavy atom.